The van der Waals surface area contributed by atoms with E-state index < -0.39 is 5.97 Å². The molecule has 0 heterocycles. The Labute approximate surface area is 74.0 Å². The number of carbonyl (C=O) groups is 1. The Hall–Kier alpha value is -0.530. The van der Waals surface area contributed by atoms with Crippen molar-refractivity contribution in [1.29, 1.82) is 0 Å². The summed E-state index contributed by atoms with van der Waals surface area (Å²) < 4.78 is 0. The van der Waals surface area contributed by atoms with Gasteiger partial charge in [0.15, 0.2) is 0 Å². The Morgan fingerprint density at radius 1 is 1.33 bits per heavy atom. The van der Waals surface area contributed by atoms with Crippen molar-refractivity contribution in [3.8, 4) is 0 Å². The van der Waals surface area contributed by atoms with Crippen LogP contribution in [0.5, 0.6) is 0 Å². The quantitative estimate of drug-likeness (QED) is 0.691. The largest absolute Gasteiger partial charge is 0.481 e. The molecule has 0 aromatic heterocycles. The minimum atomic E-state index is -0.638. The van der Waals surface area contributed by atoms with Crippen LogP contribution in [0.25, 0.3) is 0 Å². The summed E-state index contributed by atoms with van der Waals surface area (Å²) in [4.78, 5) is 10.6. The minimum absolute atomic E-state index is 0.363. The predicted octanol–water partition coefficient (Wildman–Crippen LogP) is 2.53. The molecule has 1 rings (SSSR count). The summed E-state index contributed by atoms with van der Waals surface area (Å²) in [6.07, 6.45) is 4.06. The summed E-state index contributed by atoms with van der Waals surface area (Å²) >= 11 is 0. The Kier molecular flexibility index (Phi) is 3.12. The van der Waals surface area contributed by atoms with Crippen molar-refractivity contribution in [2.24, 2.45) is 17.8 Å². The van der Waals surface area contributed by atoms with E-state index in [1.54, 1.807) is 0 Å². The molecule has 1 aliphatic rings. The monoisotopic (exact) mass is 170 g/mol. The minimum Gasteiger partial charge on any atom is -0.481 e. The zero-order chi connectivity index (χ0) is 9.14. The molecule has 0 aromatic carbocycles. The van der Waals surface area contributed by atoms with Gasteiger partial charge < -0.3 is 5.11 Å². The maximum Gasteiger partial charge on any atom is 0.303 e. The molecule has 2 atom stereocenters. The Balaban J connectivity index is 2.50. The first-order valence-corrected chi connectivity index (χ1v) is 4.83. The van der Waals surface area contributed by atoms with E-state index in [1.165, 1.54) is 19.3 Å². The zero-order valence-corrected chi connectivity index (χ0v) is 7.92. The molecule has 2 nitrogen and oxygen atoms in total. The van der Waals surface area contributed by atoms with Crippen LogP contribution in [0.15, 0.2) is 0 Å². The second-order valence-electron chi connectivity index (χ2n) is 4.15. The van der Waals surface area contributed by atoms with Gasteiger partial charge in [0.05, 0.1) is 0 Å². The van der Waals surface area contributed by atoms with Gasteiger partial charge in [0.25, 0.3) is 0 Å². The van der Waals surface area contributed by atoms with E-state index in [1.807, 2.05) is 0 Å². The number of hydrogen-bond donors (Lipinski definition) is 1. The highest BCUT2D eigenvalue weighted by molar-refractivity contribution is 5.67. The molecule has 0 aliphatic heterocycles. The first-order valence-electron chi connectivity index (χ1n) is 4.83. The van der Waals surface area contributed by atoms with Crippen LogP contribution in [-0.4, -0.2) is 11.1 Å². The van der Waals surface area contributed by atoms with Gasteiger partial charge in [-0.2, -0.15) is 0 Å². The normalized spacial score (nSPS) is 36.3. The van der Waals surface area contributed by atoms with Gasteiger partial charge in [-0.1, -0.05) is 33.1 Å². The van der Waals surface area contributed by atoms with Crippen molar-refractivity contribution < 1.29 is 9.90 Å². The standard InChI is InChI=1S/C10H18O2/c1-7-4-3-5-8(2)9(7)6-10(11)12/h7-9H,3-6H2,1-2H3,(H,11,12). The molecule has 0 aromatic rings. The topological polar surface area (TPSA) is 37.3 Å². The van der Waals surface area contributed by atoms with E-state index in [0.29, 0.717) is 24.2 Å². The maximum atomic E-state index is 10.6. The molecule has 1 N–H and O–H groups in total. The van der Waals surface area contributed by atoms with Crippen molar-refractivity contribution in [1.82, 2.24) is 0 Å². The number of hydrogen-bond acceptors (Lipinski definition) is 1. The number of carboxylic acid groups (broad SMARTS) is 1. The molecular formula is C10H18O2. The summed E-state index contributed by atoms with van der Waals surface area (Å²) in [5, 5.41) is 8.70. The van der Waals surface area contributed by atoms with Gasteiger partial charge in [-0.15, -0.1) is 0 Å². The highest BCUT2D eigenvalue weighted by Crippen LogP contribution is 2.36. The second kappa shape index (κ2) is 3.92. The van der Waals surface area contributed by atoms with E-state index in [0.717, 1.165) is 0 Å². The van der Waals surface area contributed by atoms with Crippen LogP contribution in [0.3, 0.4) is 0 Å². The summed E-state index contributed by atoms with van der Waals surface area (Å²) in [6.45, 7) is 4.37. The third-order valence-electron chi connectivity index (χ3n) is 3.19. The van der Waals surface area contributed by atoms with Gasteiger partial charge in [-0.3, -0.25) is 4.79 Å². The molecule has 12 heavy (non-hydrogen) atoms. The molecule has 0 bridgehead atoms. The first kappa shape index (κ1) is 9.56. The summed E-state index contributed by atoms with van der Waals surface area (Å²) in [7, 11) is 0. The van der Waals surface area contributed by atoms with Gasteiger partial charge in [-0.25, -0.2) is 0 Å². The lowest BCUT2D eigenvalue weighted by Crippen LogP contribution is -2.26. The molecule has 0 saturated heterocycles. The second-order valence-corrected chi connectivity index (χ2v) is 4.15. The molecule has 2 heteroatoms. The fourth-order valence-corrected chi connectivity index (χ4v) is 2.35. The highest BCUT2D eigenvalue weighted by Gasteiger charge is 2.29. The molecule has 70 valence electrons. The summed E-state index contributed by atoms with van der Waals surface area (Å²) in [5.74, 6) is 0.978. The van der Waals surface area contributed by atoms with Crippen molar-refractivity contribution >= 4 is 5.97 Å². The van der Waals surface area contributed by atoms with Crippen molar-refractivity contribution in [3.05, 3.63) is 0 Å². The average Bonchev–Trinajstić information content (AvgIpc) is 1.97. The highest BCUT2D eigenvalue weighted by atomic mass is 16.4. The molecule has 0 spiro atoms. The van der Waals surface area contributed by atoms with Crippen molar-refractivity contribution in [2.45, 2.75) is 39.5 Å². The van der Waals surface area contributed by atoms with E-state index in [9.17, 15) is 4.79 Å². The predicted molar refractivity (Wildman–Crippen MR) is 47.9 cm³/mol. The zero-order valence-electron chi connectivity index (χ0n) is 7.92. The molecule has 0 amide bonds. The van der Waals surface area contributed by atoms with Gasteiger partial charge in [0, 0.05) is 6.42 Å². The molecule has 1 saturated carbocycles. The average molecular weight is 170 g/mol. The molecular weight excluding hydrogens is 152 g/mol. The van der Waals surface area contributed by atoms with E-state index in [2.05, 4.69) is 13.8 Å². The van der Waals surface area contributed by atoms with Crippen molar-refractivity contribution in [3.63, 3.8) is 0 Å². The molecule has 1 fully saturated rings. The lowest BCUT2D eigenvalue weighted by Gasteiger charge is -2.33. The van der Waals surface area contributed by atoms with Crippen LogP contribution < -0.4 is 0 Å². The fraction of sp³-hybridized carbons (Fsp3) is 0.900. The third kappa shape index (κ3) is 2.23. The van der Waals surface area contributed by atoms with Gasteiger partial charge >= 0.3 is 5.97 Å². The Morgan fingerprint density at radius 2 is 1.83 bits per heavy atom. The van der Waals surface area contributed by atoms with E-state index >= 15 is 0 Å². The van der Waals surface area contributed by atoms with E-state index in [4.69, 9.17) is 5.11 Å². The van der Waals surface area contributed by atoms with Crippen LogP contribution in [0.1, 0.15) is 39.5 Å². The van der Waals surface area contributed by atoms with Crippen LogP contribution >= 0.6 is 0 Å². The van der Waals surface area contributed by atoms with Gasteiger partial charge in [-0.05, 0) is 17.8 Å². The summed E-state index contributed by atoms with van der Waals surface area (Å²) in [5.41, 5.74) is 0. The fourth-order valence-electron chi connectivity index (χ4n) is 2.35. The smallest absolute Gasteiger partial charge is 0.303 e. The van der Waals surface area contributed by atoms with Crippen LogP contribution in [-0.2, 0) is 4.79 Å². The van der Waals surface area contributed by atoms with Crippen LogP contribution in [0.2, 0.25) is 0 Å². The Bertz CT molecular complexity index is 155. The SMILES string of the molecule is CC1CCCC(C)C1CC(=O)O. The van der Waals surface area contributed by atoms with Gasteiger partial charge in [0.1, 0.15) is 0 Å². The number of rotatable bonds is 2. The van der Waals surface area contributed by atoms with Crippen LogP contribution in [0, 0.1) is 17.8 Å². The number of carboxylic acids is 1. The van der Waals surface area contributed by atoms with Crippen LogP contribution in [0.4, 0.5) is 0 Å². The Morgan fingerprint density at radius 3 is 2.25 bits per heavy atom. The first-order chi connectivity index (χ1) is 5.61. The lowest BCUT2D eigenvalue weighted by molar-refractivity contribution is -0.139. The molecule has 0 radical (unpaired) electrons. The van der Waals surface area contributed by atoms with E-state index in [-0.39, 0.29) is 0 Å². The lowest BCUT2D eigenvalue weighted by atomic mass is 9.72. The molecule has 1 aliphatic carbocycles. The molecule has 2 unspecified atom stereocenters. The summed E-state index contributed by atoms with van der Waals surface area (Å²) in [6, 6.07) is 0. The maximum absolute atomic E-state index is 10.6. The van der Waals surface area contributed by atoms with Crippen molar-refractivity contribution in [2.75, 3.05) is 0 Å². The van der Waals surface area contributed by atoms with Gasteiger partial charge in [0.2, 0.25) is 0 Å². The number of aliphatic carboxylic acids is 1. The third-order valence-corrected chi connectivity index (χ3v) is 3.19.